The fourth-order valence-electron chi connectivity index (χ4n) is 2.46. The van der Waals surface area contributed by atoms with Crippen molar-refractivity contribution in [3.63, 3.8) is 0 Å². The smallest absolute Gasteiger partial charge is 0.244 e. The lowest BCUT2D eigenvalue weighted by Gasteiger charge is -2.21. The molecule has 1 atom stereocenters. The Morgan fingerprint density at radius 1 is 1.52 bits per heavy atom. The minimum Gasteiger partial charge on any atom is -0.380 e. The first-order valence-electron chi connectivity index (χ1n) is 7.38. The third kappa shape index (κ3) is 3.66. The van der Waals surface area contributed by atoms with Crippen molar-refractivity contribution in [3.05, 3.63) is 18.0 Å². The first kappa shape index (κ1) is 16.5. The van der Waals surface area contributed by atoms with Gasteiger partial charge in [-0.05, 0) is 25.5 Å². The summed E-state index contributed by atoms with van der Waals surface area (Å²) in [5.74, 6) is 0. The molecular formula is C14H25N3O3S. The van der Waals surface area contributed by atoms with E-state index >= 15 is 0 Å². The van der Waals surface area contributed by atoms with Gasteiger partial charge in [-0.1, -0.05) is 6.92 Å². The molecule has 120 valence electrons. The van der Waals surface area contributed by atoms with Gasteiger partial charge in [-0.3, -0.25) is 0 Å². The number of hydrogen-bond acceptors (Lipinski definition) is 4. The van der Waals surface area contributed by atoms with E-state index in [1.165, 1.54) is 4.31 Å². The molecule has 2 heterocycles. The highest BCUT2D eigenvalue weighted by Gasteiger charge is 2.31. The van der Waals surface area contributed by atoms with E-state index in [9.17, 15) is 8.42 Å². The lowest BCUT2D eigenvalue weighted by Crippen LogP contribution is -2.37. The minimum atomic E-state index is -3.45. The summed E-state index contributed by atoms with van der Waals surface area (Å²) in [7, 11) is 0.0613. The van der Waals surface area contributed by atoms with Crippen molar-refractivity contribution in [1.82, 2.24) is 14.2 Å². The Hall–Kier alpha value is -0.890. The normalized spacial score (nSPS) is 19.5. The molecule has 2 rings (SSSR count). The topological polar surface area (TPSA) is 63.6 Å². The third-order valence-electron chi connectivity index (χ3n) is 3.91. The van der Waals surface area contributed by atoms with Crippen LogP contribution in [0.3, 0.4) is 0 Å². The maximum atomic E-state index is 12.7. The number of aryl methyl sites for hydroxylation is 1. The Balaban J connectivity index is 2.14. The van der Waals surface area contributed by atoms with Crippen molar-refractivity contribution in [3.8, 4) is 0 Å². The number of nitrogens with one attached hydrogen (secondary N) is 1. The Labute approximate surface area is 127 Å². The Kier molecular flexibility index (Phi) is 5.43. The van der Waals surface area contributed by atoms with E-state index in [1.54, 1.807) is 19.3 Å². The summed E-state index contributed by atoms with van der Waals surface area (Å²) in [5.41, 5.74) is 0.970. The molecule has 1 aromatic rings. The maximum Gasteiger partial charge on any atom is 0.244 e. The summed E-state index contributed by atoms with van der Waals surface area (Å²) < 4.78 is 33.9. The van der Waals surface area contributed by atoms with Crippen LogP contribution < -0.4 is 5.32 Å². The second-order valence-corrected chi connectivity index (χ2v) is 7.49. The number of rotatable bonds is 7. The molecule has 0 amide bonds. The molecule has 0 saturated carbocycles. The number of hydrogen-bond donors (Lipinski definition) is 1. The second kappa shape index (κ2) is 6.91. The van der Waals surface area contributed by atoms with Gasteiger partial charge in [0.1, 0.15) is 4.90 Å². The molecule has 1 fully saturated rings. The number of likely N-dealkylation sites (N-methyl/N-ethyl adjacent to an activating group) is 1. The lowest BCUT2D eigenvalue weighted by molar-refractivity contribution is 0.181. The largest absolute Gasteiger partial charge is 0.380 e. The SMILES string of the molecule is CCCNCc1cc(S(=O)(=O)N(C)C2CCOC2)cn1C. The Morgan fingerprint density at radius 2 is 2.29 bits per heavy atom. The third-order valence-corrected chi connectivity index (χ3v) is 5.79. The van der Waals surface area contributed by atoms with Crippen LogP contribution in [-0.4, -0.2) is 50.1 Å². The van der Waals surface area contributed by atoms with Gasteiger partial charge in [-0.2, -0.15) is 4.31 Å². The van der Waals surface area contributed by atoms with Crippen molar-refractivity contribution in [2.75, 3.05) is 26.8 Å². The van der Waals surface area contributed by atoms with E-state index in [2.05, 4.69) is 12.2 Å². The zero-order valence-electron chi connectivity index (χ0n) is 13.0. The Bertz CT molecular complexity index is 562. The number of aromatic nitrogens is 1. The van der Waals surface area contributed by atoms with Crippen molar-refractivity contribution >= 4 is 10.0 Å². The summed E-state index contributed by atoms with van der Waals surface area (Å²) in [6, 6.07) is 1.70. The number of sulfonamides is 1. The molecule has 21 heavy (non-hydrogen) atoms. The average molecular weight is 315 g/mol. The lowest BCUT2D eigenvalue weighted by atomic mass is 10.3. The van der Waals surface area contributed by atoms with E-state index < -0.39 is 10.0 Å². The summed E-state index contributed by atoms with van der Waals surface area (Å²) in [5, 5.41) is 3.29. The van der Waals surface area contributed by atoms with E-state index in [-0.39, 0.29) is 6.04 Å². The molecule has 1 N–H and O–H groups in total. The van der Waals surface area contributed by atoms with Gasteiger partial charge in [0.25, 0.3) is 0 Å². The van der Waals surface area contributed by atoms with Gasteiger partial charge in [0, 0.05) is 39.1 Å². The molecular weight excluding hydrogens is 290 g/mol. The van der Waals surface area contributed by atoms with Crippen molar-refractivity contribution in [2.45, 2.75) is 37.2 Å². The van der Waals surface area contributed by atoms with Crippen LogP contribution in [0.1, 0.15) is 25.5 Å². The van der Waals surface area contributed by atoms with Crippen molar-refractivity contribution in [1.29, 1.82) is 0 Å². The molecule has 0 spiro atoms. The van der Waals surface area contributed by atoms with E-state index in [0.717, 1.165) is 25.1 Å². The van der Waals surface area contributed by atoms with Gasteiger partial charge >= 0.3 is 0 Å². The zero-order chi connectivity index (χ0) is 15.5. The predicted molar refractivity (Wildman–Crippen MR) is 81.6 cm³/mol. The fraction of sp³-hybridized carbons (Fsp3) is 0.714. The van der Waals surface area contributed by atoms with Crippen LogP contribution in [0.15, 0.2) is 17.2 Å². The highest BCUT2D eigenvalue weighted by molar-refractivity contribution is 7.89. The highest BCUT2D eigenvalue weighted by atomic mass is 32.2. The molecule has 0 aliphatic carbocycles. The van der Waals surface area contributed by atoms with Crippen LogP contribution >= 0.6 is 0 Å². The van der Waals surface area contributed by atoms with Crippen molar-refractivity contribution in [2.24, 2.45) is 7.05 Å². The Morgan fingerprint density at radius 3 is 2.90 bits per heavy atom. The number of ether oxygens (including phenoxy) is 1. The second-order valence-electron chi connectivity index (χ2n) is 5.49. The van der Waals surface area contributed by atoms with Crippen LogP contribution in [0.4, 0.5) is 0 Å². The van der Waals surface area contributed by atoms with Crippen LogP contribution in [-0.2, 0) is 28.4 Å². The zero-order valence-corrected chi connectivity index (χ0v) is 13.8. The van der Waals surface area contributed by atoms with Crippen molar-refractivity contribution < 1.29 is 13.2 Å². The predicted octanol–water partition coefficient (Wildman–Crippen LogP) is 0.934. The van der Waals surface area contributed by atoms with Gasteiger partial charge in [0.05, 0.1) is 12.6 Å². The van der Waals surface area contributed by atoms with E-state index in [1.807, 2.05) is 11.6 Å². The van der Waals surface area contributed by atoms with Crippen LogP contribution in [0, 0.1) is 0 Å². The standard InChI is InChI=1S/C14H25N3O3S/c1-4-6-15-9-13-8-14(10-16(13)2)21(18,19)17(3)12-5-7-20-11-12/h8,10,12,15H,4-7,9,11H2,1-3H3. The molecule has 1 unspecified atom stereocenters. The van der Waals surface area contributed by atoms with Gasteiger partial charge in [0.15, 0.2) is 0 Å². The maximum absolute atomic E-state index is 12.7. The molecule has 0 radical (unpaired) electrons. The molecule has 1 aromatic heterocycles. The molecule has 1 aliphatic heterocycles. The molecule has 7 heteroatoms. The van der Waals surface area contributed by atoms with Gasteiger partial charge in [-0.25, -0.2) is 8.42 Å². The fourth-order valence-corrected chi connectivity index (χ4v) is 3.93. The summed E-state index contributed by atoms with van der Waals surface area (Å²) in [4.78, 5) is 0.354. The first-order valence-corrected chi connectivity index (χ1v) is 8.82. The highest BCUT2D eigenvalue weighted by Crippen LogP contribution is 2.22. The summed E-state index contributed by atoms with van der Waals surface area (Å²) in [6.07, 6.45) is 3.50. The minimum absolute atomic E-state index is 0.0585. The van der Waals surface area contributed by atoms with Gasteiger partial charge < -0.3 is 14.6 Å². The molecule has 1 aliphatic rings. The summed E-state index contributed by atoms with van der Waals surface area (Å²) in [6.45, 7) is 4.81. The van der Waals surface area contributed by atoms with E-state index in [4.69, 9.17) is 4.74 Å². The molecule has 0 bridgehead atoms. The van der Waals surface area contributed by atoms with Crippen LogP contribution in [0.5, 0.6) is 0 Å². The summed E-state index contributed by atoms with van der Waals surface area (Å²) >= 11 is 0. The molecule has 6 nitrogen and oxygen atoms in total. The molecule has 0 aromatic carbocycles. The average Bonchev–Trinajstić information content (AvgIpc) is 3.08. The van der Waals surface area contributed by atoms with Crippen LogP contribution in [0.2, 0.25) is 0 Å². The van der Waals surface area contributed by atoms with Crippen LogP contribution in [0.25, 0.3) is 0 Å². The monoisotopic (exact) mass is 315 g/mol. The van der Waals surface area contributed by atoms with E-state index in [0.29, 0.717) is 24.7 Å². The number of nitrogens with zero attached hydrogens (tertiary/aromatic N) is 2. The van der Waals surface area contributed by atoms with Gasteiger partial charge in [-0.15, -0.1) is 0 Å². The van der Waals surface area contributed by atoms with Gasteiger partial charge in [0.2, 0.25) is 10.0 Å². The molecule has 1 saturated heterocycles. The first-order chi connectivity index (χ1) is 9.96. The quantitative estimate of drug-likeness (QED) is 0.761.